The van der Waals surface area contributed by atoms with E-state index in [4.69, 9.17) is 9.47 Å². The quantitative estimate of drug-likeness (QED) is 0.489. The lowest BCUT2D eigenvalue weighted by Crippen LogP contribution is -2.10. The molecule has 2 rings (SSSR count). The summed E-state index contributed by atoms with van der Waals surface area (Å²) in [5, 5.41) is 0. The molecule has 0 N–H and O–H groups in total. The molecule has 0 bridgehead atoms. The van der Waals surface area contributed by atoms with E-state index in [1.165, 1.54) is 13.8 Å². The predicted molar refractivity (Wildman–Crippen MR) is 88.4 cm³/mol. The number of benzene rings is 2. The zero-order valence-corrected chi connectivity index (χ0v) is 14.0. The third kappa shape index (κ3) is 3.87. The van der Waals surface area contributed by atoms with Gasteiger partial charge in [0.2, 0.25) is 0 Å². The fourth-order valence-corrected chi connectivity index (χ4v) is 2.33. The molecule has 0 heterocycles. The average Bonchev–Trinajstić information content (AvgIpc) is 2.50. The van der Waals surface area contributed by atoms with Crippen molar-refractivity contribution in [2.24, 2.45) is 0 Å². The minimum absolute atomic E-state index is 0.261. The van der Waals surface area contributed by atoms with Gasteiger partial charge in [-0.25, -0.2) is 0 Å². The summed E-state index contributed by atoms with van der Waals surface area (Å²) in [4.78, 5) is 35.1. The second-order valence-corrected chi connectivity index (χ2v) is 5.45. The lowest BCUT2D eigenvalue weighted by molar-refractivity contribution is -0.132. The van der Waals surface area contributed by atoms with Crippen molar-refractivity contribution < 1.29 is 23.9 Å². The molecular formula is C19H18O5. The van der Waals surface area contributed by atoms with Gasteiger partial charge in [0.15, 0.2) is 5.78 Å². The van der Waals surface area contributed by atoms with Crippen LogP contribution in [-0.4, -0.2) is 17.7 Å². The number of esters is 2. The summed E-state index contributed by atoms with van der Waals surface area (Å²) in [5.74, 6) is -0.514. The van der Waals surface area contributed by atoms with E-state index in [9.17, 15) is 14.4 Å². The number of hydrogen-bond acceptors (Lipinski definition) is 5. The molecule has 5 nitrogen and oxygen atoms in total. The molecule has 5 heteroatoms. The Bertz CT molecular complexity index is 821. The molecule has 0 saturated heterocycles. The van der Waals surface area contributed by atoms with Crippen molar-refractivity contribution in [1.29, 1.82) is 0 Å². The smallest absolute Gasteiger partial charge is 0.308 e. The Morgan fingerprint density at radius 1 is 0.833 bits per heavy atom. The van der Waals surface area contributed by atoms with Crippen molar-refractivity contribution >= 4 is 17.7 Å². The van der Waals surface area contributed by atoms with Gasteiger partial charge in [-0.05, 0) is 49.2 Å². The van der Waals surface area contributed by atoms with E-state index in [1.54, 1.807) is 50.2 Å². The molecule has 24 heavy (non-hydrogen) atoms. The van der Waals surface area contributed by atoms with Crippen molar-refractivity contribution in [3.05, 3.63) is 58.7 Å². The van der Waals surface area contributed by atoms with Crippen LogP contribution in [0.1, 0.15) is 40.9 Å². The molecule has 0 amide bonds. The topological polar surface area (TPSA) is 69.7 Å². The van der Waals surface area contributed by atoms with Crippen LogP contribution in [0.2, 0.25) is 0 Å². The van der Waals surface area contributed by atoms with Gasteiger partial charge in [-0.1, -0.05) is 12.1 Å². The maximum absolute atomic E-state index is 12.8. The van der Waals surface area contributed by atoms with E-state index >= 15 is 0 Å². The van der Waals surface area contributed by atoms with Gasteiger partial charge in [-0.3, -0.25) is 14.4 Å². The van der Waals surface area contributed by atoms with Gasteiger partial charge < -0.3 is 9.47 Å². The third-order valence-corrected chi connectivity index (χ3v) is 3.39. The van der Waals surface area contributed by atoms with Crippen molar-refractivity contribution in [2.45, 2.75) is 27.7 Å². The van der Waals surface area contributed by atoms with Crippen LogP contribution in [0.4, 0.5) is 0 Å². The average molecular weight is 326 g/mol. The first-order chi connectivity index (χ1) is 11.3. The molecule has 0 saturated carbocycles. The van der Waals surface area contributed by atoms with Crippen LogP contribution in [0.3, 0.4) is 0 Å². The third-order valence-electron chi connectivity index (χ3n) is 3.39. The summed E-state index contributed by atoms with van der Waals surface area (Å²) < 4.78 is 10.3. The largest absolute Gasteiger partial charge is 0.426 e. The van der Waals surface area contributed by atoms with Crippen molar-refractivity contribution in [2.75, 3.05) is 0 Å². The molecule has 0 aromatic heterocycles. The van der Waals surface area contributed by atoms with Gasteiger partial charge in [-0.15, -0.1) is 0 Å². The second-order valence-electron chi connectivity index (χ2n) is 5.45. The lowest BCUT2D eigenvalue weighted by Gasteiger charge is -2.12. The summed E-state index contributed by atoms with van der Waals surface area (Å²) in [6, 6.07) is 9.90. The molecule has 0 atom stereocenters. The monoisotopic (exact) mass is 326 g/mol. The summed E-state index contributed by atoms with van der Waals surface area (Å²) in [6.07, 6.45) is 0. The molecule has 2 aromatic rings. The number of carbonyl (C=O) groups is 3. The molecular weight excluding hydrogens is 308 g/mol. The molecule has 0 aliphatic carbocycles. The second kappa shape index (κ2) is 7.08. The van der Waals surface area contributed by atoms with Gasteiger partial charge in [0.25, 0.3) is 0 Å². The molecule has 0 aliphatic heterocycles. The number of rotatable bonds is 4. The fourth-order valence-electron chi connectivity index (χ4n) is 2.33. The van der Waals surface area contributed by atoms with Gasteiger partial charge in [-0.2, -0.15) is 0 Å². The highest BCUT2D eigenvalue weighted by atomic mass is 16.5. The summed E-state index contributed by atoms with van der Waals surface area (Å²) in [7, 11) is 0. The normalized spacial score (nSPS) is 10.2. The zero-order chi connectivity index (χ0) is 17.9. The first-order valence-corrected chi connectivity index (χ1v) is 7.41. The summed E-state index contributed by atoms with van der Waals surface area (Å²) in [5.41, 5.74) is 2.09. The number of carbonyl (C=O) groups excluding carboxylic acids is 3. The Kier molecular flexibility index (Phi) is 5.14. The highest BCUT2D eigenvalue weighted by Crippen LogP contribution is 2.28. The molecule has 124 valence electrons. The van der Waals surface area contributed by atoms with Gasteiger partial charge in [0, 0.05) is 19.4 Å². The Hall–Kier alpha value is -2.95. The number of ketones is 1. The Morgan fingerprint density at radius 3 is 2.08 bits per heavy atom. The molecule has 0 aliphatic rings. The zero-order valence-electron chi connectivity index (χ0n) is 14.0. The predicted octanol–water partition coefficient (Wildman–Crippen LogP) is 3.39. The summed E-state index contributed by atoms with van der Waals surface area (Å²) >= 11 is 0. The van der Waals surface area contributed by atoms with Crippen LogP contribution in [0.5, 0.6) is 11.5 Å². The first kappa shape index (κ1) is 17.4. The maximum atomic E-state index is 12.8. The van der Waals surface area contributed by atoms with E-state index in [-0.39, 0.29) is 11.5 Å². The van der Waals surface area contributed by atoms with Gasteiger partial charge in [0.1, 0.15) is 11.5 Å². The number of hydrogen-bond donors (Lipinski definition) is 0. The number of aryl methyl sites for hydroxylation is 2. The number of ether oxygens (including phenoxy) is 2. The van der Waals surface area contributed by atoms with E-state index in [1.807, 2.05) is 0 Å². The number of para-hydroxylation sites is 1. The van der Waals surface area contributed by atoms with Crippen molar-refractivity contribution in [1.82, 2.24) is 0 Å². The molecule has 0 radical (unpaired) electrons. The molecule has 0 unspecified atom stereocenters. The van der Waals surface area contributed by atoms with Crippen LogP contribution in [0, 0.1) is 13.8 Å². The Balaban J connectivity index is 2.42. The van der Waals surface area contributed by atoms with Crippen LogP contribution in [0.15, 0.2) is 36.4 Å². The highest BCUT2D eigenvalue weighted by molar-refractivity contribution is 6.11. The van der Waals surface area contributed by atoms with Crippen molar-refractivity contribution in [3.63, 3.8) is 0 Å². The van der Waals surface area contributed by atoms with Crippen LogP contribution in [-0.2, 0) is 9.59 Å². The minimum atomic E-state index is -0.486. The van der Waals surface area contributed by atoms with Crippen molar-refractivity contribution in [3.8, 4) is 11.5 Å². The lowest BCUT2D eigenvalue weighted by atomic mass is 9.98. The Labute approximate surface area is 140 Å². The first-order valence-electron chi connectivity index (χ1n) is 7.41. The Morgan fingerprint density at radius 2 is 1.50 bits per heavy atom. The highest BCUT2D eigenvalue weighted by Gasteiger charge is 2.18. The van der Waals surface area contributed by atoms with E-state index in [0.717, 1.165) is 0 Å². The molecule has 0 fully saturated rings. The fraction of sp³-hybridized carbons (Fsp3) is 0.211. The molecule has 0 spiro atoms. The van der Waals surface area contributed by atoms with E-state index in [0.29, 0.717) is 28.0 Å². The van der Waals surface area contributed by atoms with E-state index < -0.39 is 11.9 Å². The minimum Gasteiger partial charge on any atom is -0.426 e. The molecule has 2 aromatic carbocycles. The maximum Gasteiger partial charge on any atom is 0.308 e. The van der Waals surface area contributed by atoms with Crippen LogP contribution >= 0.6 is 0 Å². The van der Waals surface area contributed by atoms with Gasteiger partial charge in [0.05, 0.1) is 5.56 Å². The standard InChI is InChI=1S/C19H18O5/c1-11-6-5-7-16(19(11)24-14(4)21)18(22)15-8-9-17(12(2)10-15)23-13(3)20/h5-10H,1-4H3. The van der Waals surface area contributed by atoms with E-state index in [2.05, 4.69) is 0 Å². The van der Waals surface area contributed by atoms with Crippen LogP contribution in [0.25, 0.3) is 0 Å². The SMILES string of the molecule is CC(=O)Oc1ccc(C(=O)c2cccc(C)c2OC(C)=O)cc1C. The van der Waals surface area contributed by atoms with Crippen LogP contribution < -0.4 is 9.47 Å². The van der Waals surface area contributed by atoms with Gasteiger partial charge >= 0.3 is 11.9 Å². The summed E-state index contributed by atoms with van der Waals surface area (Å²) in [6.45, 7) is 6.12.